The summed E-state index contributed by atoms with van der Waals surface area (Å²) in [5, 5.41) is 87.7. The Morgan fingerprint density at radius 2 is 0.898 bits per heavy atom. The van der Waals surface area contributed by atoms with Crippen LogP contribution in [-0.4, -0.2) is 79.2 Å². The number of hydrogen-bond acceptors (Lipinski definition) is 10. The second-order valence-corrected chi connectivity index (χ2v) is 22.8. The van der Waals surface area contributed by atoms with Crippen LogP contribution in [-0.2, 0) is 26.4 Å². The molecule has 10 nitrogen and oxygen atoms in total. The molecule has 59 heavy (non-hydrogen) atoms. The molecule has 0 amide bonds. The molecule has 339 valence electrons. The van der Waals surface area contributed by atoms with E-state index in [-0.39, 0.29) is 123 Å². The molecule has 0 spiro atoms. The molecule has 0 aromatic carbocycles. The predicted molar refractivity (Wildman–Crippen MR) is 215 cm³/mol. The molecule has 8 saturated carbocycles. The van der Waals surface area contributed by atoms with E-state index < -0.39 is 24.1 Å². The molecule has 8 aliphatic rings. The van der Waals surface area contributed by atoms with Crippen LogP contribution < -0.4 is 10.2 Å². The van der Waals surface area contributed by atoms with Gasteiger partial charge in [-0.3, -0.25) is 0 Å². The Kier molecular flexibility index (Phi) is 14.3. The minimum absolute atomic E-state index is 0. The van der Waals surface area contributed by atoms with Crippen molar-refractivity contribution < 1.29 is 67.2 Å². The first kappa shape index (κ1) is 47.7. The third kappa shape index (κ3) is 8.05. The van der Waals surface area contributed by atoms with Gasteiger partial charge in [-0.2, -0.15) is 0 Å². The number of aliphatic hydroxyl groups excluding tert-OH is 6. The molecule has 0 saturated heterocycles. The van der Waals surface area contributed by atoms with Gasteiger partial charge in [-0.25, -0.2) is 0 Å². The Morgan fingerprint density at radius 1 is 0.542 bits per heavy atom. The zero-order valence-corrected chi connectivity index (χ0v) is 37.8. The van der Waals surface area contributed by atoms with Gasteiger partial charge in [-0.15, -0.1) is 0 Å². The van der Waals surface area contributed by atoms with E-state index >= 15 is 0 Å². The van der Waals surface area contributed by atoms with Gasteiger partial charge in [-0.1, -0.05) is 41.5 Å². The van der Waals surface area contributed by atoms with Gasteiger partial charge >= 0.3 is 16.8 Å². The Labute approximate surface area is 364 Å². The molecule has 0 heterocycles. The van der Waals surface area contributed by atoms with Crippen molar-refractivity contribution in [1.29, 1.82) is 0 Å². The van der Waals surface area contributed by atoms with Crippen LogP contribution in [0.25, 0.3) is 0 Å². The second kappa shape index (κ2) is 17.6. The van der Waals surface area contributed by atoms with E-state index in [1.807, 2.05) is 0 Å². The van der Waals surface area contributed by atoms with Crippen LogP contribution in [0, 0.1) is 92.7 Å². The summed E-state index contributed by atoms with van der Waals surface area (Å²) >= 11 is 0. The summed E-state index contributed by atoms with van der Waals surface area (Å²) in [5.41, 5.74) is -0.343. The van der Waals surface area contributed by atoms with E-state index in [2.05, 4.69) is 41.5 Å². The van der Waals surface area contributed by atoms with Gasteiger partial charge in [0.1, 0.15) is 0 Å². The van der Waals surface area contributed by atoms with E-state index in [1.165, 1.54) is 0 Å². The molecule has 0 unspecified atom stereocenters. The summed E-state index contributed by atoms with van der Waals surface area (Å²) in [5.74, 6) is 1.27. The average molecular weight is 874 g/mol. The maximum absolute atomic E-state index is 11.5. The van der Waals surface area contributed by atoms with E-state index in [4.69, 9.17) is 0 Å². The monoisotopic (exact) mass is 873 g/mol. The Bertz CT molecular complexity index is 1390. The summed E-state index contributed by atoms with van der Waals surface area (Å²) in [7, 11) is 0. The normalized spacial score (nSPS) is 52.0. The van der Waals surface area contributed by atoms with Gasteiger partial charge in [0.2, 0.25) is 0 Å². The number of carbonyl (C=O) groups is 2. The zero-order valence-electron chi connectivity index (χ0n) is 36.8. The third-order valence-electron chi connectivity index (χ3n) is 20.6. The molecule has 11 heteroatoms. The van der Waals surface area contributed by atoms with E-state index in [0.717, 1.165) is 89.9 Å². The summed E-state index contributed by atoms with van der Waals surface area (Å²) in [6.07, 6.45) is 11.4. The molecule has 0 aliphatic heterocycles. The summed E-state index contributed by atoms with van der Waals surface area (Å²) in [6.45, 7) is 13.3. The van der Waals surface area contributed by atoms with Crippen LogP contribution in [0.15, 0.2) is 0 Å². The molecule has 1 radical (unpaired) electrons. The van der Waals surface area contributed by atoms with Crippen molar-refractivity contribution in [1.82, 2.24) is 0 Å². The number of rotatable bonds is 8. The molecule has 6 N–H and O–H groups in total. The molecular formula is C48H78CoO10. The van der Waals surface area contributed by atoms with Crippen molar-refractivity contribution in [2.45, 2.75) is 194 Å². The largest absolute Gasteiger partial charge is 2.00 e. The molecule has 0 bridgehead atoms. The van der Waals surface area contributed by atoms with Crippen LogP contribution in [0.4, 0.5) is 0 Å². The van der Waals surface area contributed by atoms with Crippen LogP contribution in [0.1, 0.15) is 157 Å². The summed E-state index contributed by atoms with van der Waals surface area (Å²) < 4.78 is 0. The maximum atomic E-state index is 11.5. The van der Waals surface area contributed by atoms with Gasteiger partial charge in [0.25, 0.3) is 0 Å². The number of carbonyl (C=O) groups excluding carboxylic acids is 2. The van der Waals surface area contributed by atoms with E-state index in [9.17, 15) is 50.4 Å². The molecule has 0 aromatic heterocycles. The fourth-order valence-electron chi connectivity index (χ4n) is 17.4. The molecule has 8 fully saturated rings. The minimum Gasteiger partial charge on any atom is -0.550 e. The molecule has 22 atom stereocenters. The van der Waals surface area contributed by atoms with E-state index in [0.29, 0.717) is 36.5 Å². The first-order valence-corrected chi connectivity index (χ1v) is 23.7. The second-order valence-electron chi connectivity index (χ2n) is 22.8. The van der Waals surface area contributed by atoms with Gasteiger partial charge in [-0.05, 0) is 208 Å². The standard InChI is InChI=1S/2C24H40O5.Co/c2*1-13(4-7-21(28)29)16-5-6-17-22-18(12-20(27)24(16,17)3)23(2)9-8-15(25)10-14(23)11-19(22)26;/h2*13-20,22,25-27H,4-12H2,1-3H3,(H,28,29);/q;;+2/p-2/t2*13-,14+,15-,16-,17+,18+,19-,20+,22+,23+,24-;/m11./s1. The number of carboxylic acids is 2. The fraction of sp³-hybridized carbons (Fsp3) is 0.958. The Balaban J connectivity index is 0.000000195. The van der Waals surface area contributed by atoms with Crippen molar-refractivity contribution in [2.75, 3.05) is 0 Å². The molecular weight excluding hydrogens is 795 g/mol. The van der Waals surface area contributed by atoms with Crippen molar-refractivity contribution in [3.8, 4) is 0 Å². The van der Waals surface area contributed by atoms with Crippen molar-refractivity contribution in [3.63, 3.8) is 0 Å². The van der Waals surface area contributed by atoms with Crippen LogP contribution in [0.2, 0.25) is 0 Å². The Morgan fingerprint density at radius 3 is 1.24 bits per heavy atom. The number of carboxylic acid groups (broad SMARTS) is 2. The SMILES string of the molecule is C[C@H](CCC(=O)[O-])[C@H]1CC[C@H]2[C@@H]3[C@H](O)C[C@@H]4C[C@H](O)CC[C@]4(C)[C@H]3C[C@H](O)[C@]12C.C[C@H](CCC(=O)[O-])[C@H]1CC[C@H]2[C@@H]3[C@H](O)C[C@@H]4C[C@H](O)CC[C@]4(C)[C@H]3C[C@H](O)[C@]12C.[Co+2]. The van der Waals surface area contributed by atoms with Crippen molar-refractivity contribution in [2.24, 2.45) is 92.7 Å². The van der Waals surface area contributed by atoms with Gasteiger partial charge < -0.3 is 50.4 Å². The topological polar surface area (TPSA) is 202 Å². The first-order chi connectivity index (χ1) is 27.2. The summed E-state index contributed by atoms with van der Waals surface area (Å²) in [4.78, 5) is 21.9. The van der Waals surface area contributed by atoms with Crippen molar-refractivity contribution in [3.05, 3.63) is 0 Å². The molecule has 8 aliphatic carbocycles. The van der Waals surface area contributed by atoms with Gasteiger partial charge in [0, 0.05) is 11.9 Å². The van der Waals surface area contributed by atoms with Crippen LogP contribution >= 0.6 is 0 Å². The summed E-state index contributed by atoms with van der Waals surface area (Å²) in [6, 6.07) is 0. The predicted octanol–water partition coefficient (Wildman–Crippen LogP) is 4.23. The van der Waals surface area contributed by atoms with Crippen molar-refractivity contribution >= 4 is 11.9 Å². The molecule has 0 aromatic rings. The Hall–Kier alpha value is -0.794. The third-order valence-corrected chi connectivity index (χ3v) is 20.6. The quantitative estimate of drug-likeness (QED) is 0.205. The fourth-order valence-corrected chi connectivity index (χ4v) is 17.4. The van der Waals surface area contributed by atoms with E-state index in [1.54, 1.807) is 0 Å². The molecule has 8 rings (SSSR count). The van der Waals surface area contributed by atoms with Crippen LogP contribution in [0.5, 0.6) is 0 Å². The minimum atomic E-state index is -0.998. The van der Waals surface area contributed by atoms with Gasteiger partial charge in [0.05, 0.1) is 36.6 Å². The average Bonchev–Trinajstić information content (AvgIpc) is 3.70. The number of aliphatic carboxylic acids is 2. The smallest absolute Gasteiger partial charge is 0.550 e. The maximum Gasteiger partial charge on any atom is 2.00 e. The number of fused-ring (bicyclic) bond motifs is 10. The number of aliphatic hydroxyl groups is 6. The van der Waals surface area contributed by atoms with Crippen LogP contribution in [0.3, 0.4) is 0 Å². The zero-order chi connectivity index (χ0) is 42.3. The first-order valence-electron chi connectivity index (χ1n) is 23.7. The van der Waals surface area contributed by atoms with Gasteiger partial charge in [0.15, 0.2) is 0 Å². The number of hydrogen-bond donors (Lipinski definition) is 6.